The minimum atomic E-state index is -1.85. The van der Waals surface area contributed by atoms with E-state index in [1.54, 1.807) is 31.2 Å². The quantitative estimate of drug-likeness (QED) is 0.105. The molecule has 5 aliphatic heterocycles. The molecule has 6 rings (SSSR count). The van der Waals surface area contributed by atoms with E-state index in [0.29, 0.717) is 11.5 Å². The fourth-order valence-electron chi connectivity index (χ4n) is 6.10. The standard InChI is InChI=1S/C33H52O21/c1-17-27(51-32-26(40)24(38)28(21(16-35)50-32)52-31-25(39)23(37)22(36)20(15-34)49-31)29-30(33(41-2)48-17)54-47-14-10-43-8-12-45-19-5-3-18(4-6-19)44-11-7-42-9-13-46-53-29/h3-6,17,20-40H,7-16H2,1-2H3/t17-,20-,21-,22+,23+,24-,25-,26-,27-,28-,29+,30-,31+,32+,33+/m1/s1. The minimum absolute atomic E-state index is 0.0217. The van der Waals surface area contributed by atoms with Gasteiger partial charge in [0.25, 0.3) is 0 Å². The van der Waals surface area contributed by atoms with E-state index in [9.17, 15) is 35.7 Å². The summed E-state index contributed by atoms with van der Waals surface area (Å²) in [6.45, 7) is 1.34. The Balaban J connectivity index is 1.25. The number of ether oxygens (including phenoxy) is 10. The lowest BCUT2D eigenvalue weighted by atomic mass is 9.96. The van der Waals surface area contributed by atoms with Gasteiger partial charge in [-0.1, -0.05) is 0 Å². The number of rotatable bonds is 7. The van der Waals surface area contributed by atoms with Gasteiger partial charge in [0.05, 0.1) is 45.7 Å². The van der Waals surface area contributed by atoms with Crippen molar-refractivity contribution in [3.8, 4) is 11.5 Å². The lowest BCUT2D eigenvalue weighted by molar-refractivity contribution is -0.459. The van der Waals surface area contributed by atoms with Crippen LogP contribution in [0.3, 0.4) is 0 Å². The van der Waals surface area contributed by atoms with E-state index in [1.807, 2.05) is 0 Å². The van der Waals surface area contributed by atoms with Gasteiger partial charge in [-0.3, -0.25) is 0 Å². The first kappa shape index (κ1) is 43.2. The van der Waals surface area contributed by atoms with Crippen molar-refractivity contribution < 1.29 is 103 Å². The average Bonchev–Trinajstić information content (AvgIpc) is 3.18. The first-order valence-corrected chi connectivity index (χ1v) is 17.7. The molecule has 310 valence electrons. The second kappa shape index (κ2) is 21.5. The van der Waals surface area contributed by atoms with Crippen LogP contribution in [-0.4, -0.2) is 201 Å². The summed E-state index contributed by atoms with van der Waals surface area (Å²) in [5.41, 5.74) is 0. The average molecular weight is 785 g/mol. The Bertz CT molecular complexity index is 1200. The van der Waals surface area contributed by atoms with Crippen molar-refractivity contribution in [2.45, 2.75) is 99.0 Å². The smallest absolute Gasteiger partial charge is 0.189 e. The van der Waals surface area contributed by atoms with Crippen LogP contribution in [-0.2, 0) is 57.4 Å². The molecule has 0 spiro atoms. The van der Waals surface area contributed by atoms with Crippen LogP contribution in [0.15, 0.2) is 24.3 Å². The molecule has 3 saturated heterocycles. The molecule has 5 heterocycles. The maximum atomic E-state index is 11.2. The molecule has 0 aliphatic carbocycles. The Morgan fingerprint density at radius 3 is 1.61 bits per heavy atom. The Morgan fingerprint density at radius 2 is 1.06 bits per heavy atom. The van der Waals surface area contributed by atoms with E-state index in [1.165, 1.54) is 7.11 Å². The van der Waals surface area contributed by atoms with Gasteiger partial charge in [-0.15, -0.1) is 0 Å². The molecule has 0 amide bonds. The monoisotopic (exact) mass is 784 g/mol. The van der Waals surface area contributed by atoms with Crippen molar-refractivity contribution in [1.82, 2.24) is 0 Å². The van der Waals surface area contributed by atoms with Crippen LogP contribution in [0.25, 0.3) is 0 Å². The Kier molecular flexibility index (Phi) is 17.2. The van der Waals surface area contributed by atoms with Gasteiger partial charge in [-0.2, -0.15) is 0 Å². The second-order valence-corrected chi connectivity index (χ2v) is 12.7. The maximum absolute atomic E-state index is 11.2. The van der Waals surface area contributed by atoms with Gasteiger partial charge in [0, 0.05) is 7.11 Å². The molecule has 54 heavy (non-hydrogen) atoms. The molecule has 2 bridgehead atoms. The van der Waals surface area contributed by atoms with Crippen molar-refractivity contribution in [2.24, 2.45) is 0 Å². The van der Waals surface area contributed by atoms with Gasteiger partial charge in [-0.05, 0) is 31.2 Å². The van der Waals surface area contributed by atoms with Gasteiger partial charge in [0.2, 0.25) is 0 Å². The Labute approximate surface area is 310 Å². The number of hydrogen-bond acceptors (Lipinski definition) is 21. The van der Waals surface area contributed by atoms with E-state index in [0.717, 1.165) is 0 Å². The zero-order chi connectivity index (χ0) is 38.6. The Hall–Kier alpha value is -1.94. The predicted molar refractivity (Wildman–Crippen MR) is 173 cm³/mol. The van der Waals surface area contributed by atoms with Crippen LogP contribution >= 0.6 is 0 Å². The van der Waals surface area contributed by atoms with Gasteiger partial charge in [0.1, 0.15) is 92.9 Å². The van der Waals surface area contributed by atoms with Crippen LogP contribution in [0.2, 0.25) is 0 Å². The molecule has 21 heteroatoms. The lowest BCUT2D eigenvalue weighted by Crippen LogP contribution is -2.66. The van der Waals surface area contributed by atoms with Crippen LogP contribution < -0.4 is 9.47 Å². The Morgan fingerprint density at radius 1 is 0.556 bits per heavy atom. The van der Waals surface area contributed by atoms with E-state index < -0.39 is 105 Å². The number of aliphatic hydroxyl groups excluding tert-OH is 7. The first-order valence-electron chi connectivity index (χ1n) is 17.7. The fourth-order valence-corrected chi connectivity index (χ4v) is 6.10. The van der Waals surface area contributed by atoms with Crippen LogP contribution in [0, 0.1) is 0 Å². The number of aliphatic hydroxyl groups is 7. The molecule has 5 aliphatic rings. The molecule has 0 saturated carbocycles. The van der Waals surface area contributed by atoms with Crippen molar-refractivity contribution in [3.05, 3.63) is 24.3 Å². The second-order valence-electron chi connectivity index (χ2n) is 12.7. The summed E-state index contributed by atoms with van der Waals surface area (Å²) >= 11 is 0. The van der Waals surface area contributed by atoms with Gasteiger partial charge >= 0.3 is 0 Å². The third kappa shape index (κ3) is 11.1. The third-order valence-corrected chi connectivity index (χ3v) is 9.01. The summed E-state index contributed by atoms with van der Waals surface area (Å²) in [4.78, 5) is 22.4. The summed E-state index contributed by atoms with van der Waals surface area (Å²) in [7, 11) is 1.37. The number of hydrogen-bond donors (Lipinski definition) is 7. The largest absolute Gasteiger partial charge is 0.491 e. The molecule has 21 nitrogen and oxygen atoms in total. The van der Waals surface area contributed by atoms with Crippen molar-refractivity contribution in [1.29, 1.82) is 0 Å². The minimum Gasteiger partial charge on any atom is -0.491 e. The van der Waals surface area contributed by atoms with Gasteiger partial charge in [0.15, 0.2) is 31.1 Å². The van der Waals surface area contributed by atoms with E-state index in [2.05, 4.69) is 0 Å². The number of fused-ring (bicyclic) bond motifs is 16. The SMILES string of the molecule is CO[C@H]1O[C@H](C)[C@@H](O[C@@H]2O[C@H](CO)[C@@H](O[C@@H]3O[C@H](CO)[C@H](O)[C@H](O)[C@H]3O)[C@H](O)[C@H]2O)[C@@H]2OOCCOCCOc3ccc(cc3)OCCOCCOO[C@@H]12. The van der Waals surface area contributed by atoms with E-state index >= 15 is 0 Å². The topological polar surface area (TPSA) is 271 Å². The molecule has 1 aromatic carbocycles. The zero-order valence-corrected chi connectivity index (χ0v) is 29.9. The van der Waals surface area contributed by atoms with Gasteiger partial charge in [-0.25, -0.2) is 19.6 Å². The highest BCUT2D eigenvalue weighted by molar-refractivity contribution is 5.31. The molecule has 7 N–H and O–H groups in total. The van der Waals surface area contributed by atoms with E-state index in [-0.39, 0.29) is 52.9 Å². The number of benzene rings is 1. The predicted octanol–water partition coefficient (Wildman–Crippen LogP) is -3.47. The summed E-state index contributed by atoms with van der Waals surface area (Å²) in [5, 5.41) is 72.8. The van der Waals surface area contributed by atoms with Crippen LogP contribution in [0.4, 0.5) is 0 Å². The highest BCUT2D eigenvalue weighted by atomic mass is 17.2. The molecule has 3 fully saturated rings. The van der Waals surface area contributed by atoms with E-state index in [4.69, 9.17) is 66.9 Å². The summed E-state index contributed by atoms with van der Waals surface area (Å²) < 4.78 is 57.0. The van der Waals surface area contributed by atoms with Gasteiger partial charge < -0.3 is 83.1 Å². The molecule has 0 unspecified atom stereocenters. The summed E-state index contributed by atoms with van der Waals surface area (Å²) in [6.07, 6.45) is -22.0. The third-order valence-electron chi connectivity index (χ3n) is 9.01. The lowest BCUT2D eigenvalue weighted by Gasteiger charge is -2.48. The molecular weight excluding hydrogens is 732 g/mol. The van der Waals surface area contributed by atoms with Crippen molar-refractivity contribution in [3.63, 3.8) is 0 Å². The molecule has 15 atom stereocenters. The molecule has 0 radical (unpaired) electrons. The molecule has 1 aromatic rings. The van der Waals surface area contributed by atoms with Crippen molar-refractivity contribution >= 4 is 0 Å². The summed E-state index contributed by atoms with van der Waals surface area (Å²) in [6, 6.07) is 7.12. The van der Waals surface area contributed by atoms with Crippen LogP contribution in [0.1, 0.15) is 6.92 Å². The van der Waals surface area contributed by atoms with Crippen LogP contribution in [0.5, 0.6) is 11.5 Å². The first-order chi connectivity index (χ1) is 26.2. The molecular formula is C33H52O21. The molecule has 0 aromatic heterocycles. The van der Waals surface area contributed by atoms with Crippen molar-refractivity contribution in [2.75, 3.05) is 73.2 Å². The highest BCUT2D eigenvalue weighted by Gasteiger charge is 2.54. The highest BCUT2D eigenvalue weighted by Crippen LogP contribution is 2.34. The summed E-state index contributed by atoms with van der Waals surface area (Å²) in [5.74, 6) is 1.29. The zero-order valence-electron chi connectivity index (χ0n) is 29.9. The number of methoxy groups -OCH3 is 1. The fraction of sp³-hybridized carbons (Fsp3) is 0.818. The maximum Gasteiger partial charge on any atom is 0.189 e. The normalized spacial score (nSPS) is 41.0.